The zero-order chi connectivity index (χ0) is 12.1. The van der Waals surface area contributed by atoms with Crippen LogP contribution in [0.5, 0.6) is 0 Å². The van der Waals surface area contributed by atoms with Crippen LogP contribution in [-0.2, 0) is 13.6 Å². The van der Waals surface area contributed by atoms with E-state index in [0.717, 1.165) is 0 Å². The van der Waals surface area contributed by atoms with Crippen LogP contribution in [0.1, 0.15) is 34.1 Å². The molecular formula is C10H20BrO3P. The Morgan fingerprint density at radius 1 is 1.27 bits per heavy atom. The normalized spacial score (nSPS) is 12.5. The summed E-state index contributed by atoms with van der Waals surface area (Å²) in [5.74, 6) is 0. The van der Waals surface area contributed by atoms with E-state index in [1.807, 2.05) is 27.7 Å². The standard InChI is InChI=1S/C10H20BrO3P/c1-8(2)13-15(12,14-9(3)4)10(5)6-7-11/h8-9H,5-7H2,1-4H3. The van der Waals surface area contributed by atoms with Gasteiger partial charge in [0, 0.05) is 10.6 Å². The second-order valence-electron chi connectivity index (χ2n) is 3.81. The lowest BCUT2D eigenvalue weighted by Crippen LogP contribution is -2.09. The molecule has 0 aliphatic rings. The van der Waals surface area contributed by atoms with Crippen molar-refractivity contribution in [2.24, 2.45) is 0 Å². The van der Waals surface area contributed by atoms with E-state index < -0.39 is 7.60 Å². The minimum absolute atomic E-state index is 0.137. The van der Waals surface area contributed by atoms with Crippen molar-refractivity contribution in [3.05, 3.63) is 11.9 Å². The molecule has 0 radical (unpaired) electrons. The van der Waals surface area contributed by atoms with Gasteiger partial charge in [-0.05, 0) is 34.1 Å². The van der Waals surface area contributed by atoms with E-state index >= 15 is 0 Å². The quantitative estimate of drug-likeness (QED) is 0.518. The van der Waals surface area contributed by atoms with Gasteiger partial charge in [-0.25, -0.2) is 0 Å². The predicted molar refractivity (Wildman–Crippen MR) is 67.6 cm³/mol. The van der Waals surface area contributed by atoms with Crippen molar-refractivity contribution in [2.75, 3.05) is 5.33 Å². The Kier molecular flexibility index (Phi) is 7.02. The van der Waals surface area contributed by atoms with Crippen LogP contribution < -0.4 is 0 Å². The summed E-state index contributed by atoms with van der Waals surface area (Å²) in [5.41, 5.74) is 0. The Labute approximate surface area is 101 Å². The lowest BCUT2D eigenvalue weighted by atomic mass is 10.5. The van der Waals surface area contributed by atoms with Gasteiger partial charge >= 0.3 is 7.60 Å². The van der Waals surface area contributed by atoms with E-state index in [2.05, 4.69) is 22.5 Å². The monoisotopic (exact) mass is 298 g/mol. The molecule has 0 bridgehead atoms. The zero-order valence-electron chi connectivity index (χ0n) is 9.83. The van der Waals surface area contributed by atoms with E-state index in [1.165, 1.54) is 0 Å². The average Bonchev–Trinajstić information content (AvgIpc) is 2.01. The Bertz CT molecular complexity index is 237. The highest BCUT2D eigenvalue weighted by molar-refractivity contribution is 9.09. The van der Waals surface area contributed by atoms with Gasteiger partial charge in [-0.15, -0.1) is 0 Å². The van der Waals surface area contributed by atoms with Crippen LogP contribution in [0.3, 0.4) is 0 Å². The summed E-state index contributed by atoms with van der Waals surface area (Å²) >= 11 is 3.28. The molecule has 0 fully saturated rings. The van der Waals surface area contributed by atoms with Gasteiger partial charge in [0.1, 0.15) is 0 Å². The summed E-state index contributed by atoms with van der Waals surface area (Å²) in [4.78, 5) is 0. The Balaban J connectivity index is 4.69. The van der Waals surface area contributed by atoms with Crippen LogP contribution in [0, 0.1) is 0 Å². The van der Waals surface area contributed by atoms with Gasteiger partial charge < -0.3 is 9.05 Å². The molecule has 0 N–H and O–H groups in total. The molecule has 15 heavy (non-hydrogen) atoms. The van der Waals surface area contributed by atoms with Crippen LogP contribution in [0.15, 0.2) is 11.9 Å². The molecule has 90 valence electrons. The highest BCUT2D eigenvalue weighted by Crippen LogP contribution is 2.58. The maximum atomic E-state index is 12.4. The van der Waals surface area contributed by atoms with Crippen LogP contribution in [0.4, 0.5) is 0 Å². The first-order chi connectivity index (χ1) is 6.81. The molecule has 0 aliphatic heterocycles. The van der Waals surface area contributed by atoms with Gasteiger partial charge in [0.25, 0.3) is 0 Å². The summed E-state index contributed by atoms with van der Waals surface area (Å²) < 4.78 is 23.1. The minimum atomic E-state index is -3.16. The summed E-state index contributed by atoms with van der Waals surface area (Å²) in [7, 11) is -3.16. The molecular weight excluding hydrogens is 279 g/mol. The SMILES string of the molecule is C=C(CCBr)P(=O)(OC(C)C)OC(C)C. The van der Waals surface area contributed by atoms with Crippen molar-refractivity contribution >= 4 is 23.5 Å². The maximum absolute atomic E-state index is 12.4. The molecule has 0 saturated carbocycles. The third-order valence-electron chi connectivity index (χ3n) is 1.47. The first-order valence-electron chi connectivity index (χ1n) is 5.03. The first kappa shape index (κ1) is 15.4. The average molecular weight is 299 g/mol. The molecule has 3 nitrogen and oxygen atoms in total. The molecule has 0 heterocycles. The third-order valence-corrected chi connectivity index (χ3v) is 4.26. The Hall–Kier alpha value is 0.370. The van der Waals surface area contributed by atoms with E-state index in [1.54, 1.807) is 0 Å². The molecule has 0 saturated heterocycles. The van der Waals surface area contributed by atoms with E-state index in [9.17, 15) is 4.57 Å². The van der Waals surface area contributed by atoms with Gasteiger partial charge in [0.05, 0.1) is 12.2 Å². The van der Waals surface area contributed by atoms with Crippen molar-refractivity contribution in [3.8, 4) is 0 Å². The van der Waals surface area contributed by atoms with E-state index in [-0.39, 0.29) is 12.2 Å². The summed E-state index contributed by atoms with van der Waals surface area (Å²) in [6, 6.07) is 0. The van der Waals surface area contributed by atoms with E-state index in [4.69, 9.17) is 9.05 Å². The summed E-state index contributed by atoms with van der Waals surface area (Å²) in [6.07, 6.45) is 0.319. The maximum Gasteiger partial charge on any atom is 0.357 e. The molecule has 0 spiro atoms. The predicted octanol–water partition coefficient (Wildman–Crippen LogP) is 4.33. The van der Waals surface area contributed by atoms with Crippen LogP contribution >= 0.6 is 23.5 Å². The number of hydrogen-bond acceptors (Lipinski definition) is 3. The second kappa shape index (κ2) is 6.85. The van der Waals surface area contributed by atoms with Gasteiger partial charge in [-0.1, -0.05) is 22.5 Å². The van der Waals surface area contributed by atoms with Gasteiger partial charge in [0.2, 0.25) is 0 Å². The van der Waals surface area contributed by atoms with E-state index in [0.29, 0.717) is 17.1 Å². The molecule has 0 aliphatic carbocycles. The fourth-order valence-electron chi connectivity index (χ4n) is 0.975. The van der Waals surface area contributed by atoms with Crippen molar-refractivity contribution < 1.29 is 13.6 Å². The number of alkyl halides is 1. The lowest BCUT2D eigenvalue weighted by Gasteiger charge is -2.24. The van der Waals surface area contributed by atoms with Crippen LogP contribution in [0.25, 0.3) is 0 Å². The Morgan fingerprint density at radius 2 is 1.67 bits per heavy atom. The lowest BCUT2D eigenvalue weighted by molar-refractivity contribution is 0.147. The van der Waals surface area contributed by atoms with Crippen molar-refractivity contribution in [2.45, 2.75) is 46.3 Å². The fourth-order valence-corrected chi connectivity index (χ4v) is 3.60. The van der Waals surface area contributed by atoms with Crippen molar-refractivity contribution in [1.82, 2.24) is 0 Å². The number of halogens is 1. The molecule has 0 aromatic carbocycles. The summed E-state index contributed by atoms with van der Waals surface area (Å²) in [6.45, 7) is 11.1. The second-order valence-corrected chi connectivity index (χ2v) is 6.65. The molecule has 0 unspecified atom stereocenters. The first-order valence-corrected chi connectivity index (χ1v) is 7.69. The fraction of sp³-hybridized carbons (Fsp3) is 0.800. The molecule has 0 amide bonds. The summed E-state index contributed by atoms with van der Waals surface area (Å²) in [5, 5.41) is 1.24. The van der Waals surface area contributed by atoms with Crippen molar-refractivity contribution in [3.63, 3.8) is 0 Å². The van der Waals surface area contributed by atoms with Gasteiger partial charge in [-0.2, -0.15) is 0 Å². The minimum Gasteiger partial charge on any atom is -0.303 e. The molecule has 0 aromatic rings. The van der Waals surface area contributed by atoms with Gasteiger partial charge in [0.15, 0.2) is 0 Å². The highest BCUT2D eigenvalue weighted by atomic mass is 79.9. The highest BCUT2D eigenvalue weighted by Gasteiger charge is 2.30. The smallest absolute Gasteiger partial charge is 0.303 e. The molecule has 0 aromatic heterocycles. The number of hydrogen-bond donors (Lipinski definition) is 0. The third kappa shape index (κ3) is 5.86. The molecule has 0 rings (SSSR count). The topological polar surface area (TPSA) is 35.5 Å². The zero-order valence-corrected chi connectivity index (χ0v) is 12.3. The molecule has 0 atom stereocenters. The largest absolute Gasteiger partial charge is 0.357 e. The van der Waals surface area contributed by atoms with Crippen LogP contribution in [-0.4, -0.2) is 17.5 Å². The number of rotatable bonds is 7. The Morgan fingerprint density at radius 3 is 1.93 bits per heavy atom. The van der Waals surface area contributed by atoms with Gasteiger partial charge in [-0.3, -0.25) is 4.57 Å². The number of allylic oxidation sites excluding steroid dienone is 1. The molecule has 5 heteroatoms. The van der Waals surface area contributed by atoms with Crippen LogP contribution in [0.2, 0.25) is 0 Å². The van der Waals surface area contributed by atoms with Crippen molar-refractivity contribution in [1.29, 1.82) is 0 Å².